The Kier molecular flexibility index (Phi) is 7.19. The number of amides is 2. The molecule has 0 aliphatic heterocycles. The number of anilines is 1. The molecule has 0 aromatic heterocycles. The first-order chi connectivity index (χ1) is 17.8. The Balaban J connectivity index is 1.83. The molecule has 0 saturated carbocycles. The van der Waals surface area contributed by atoms with Gasteiger partial charge in [-0.1, -0.05) is 35.3 Å². The maximum atomic E-state index is 13.7. The van der Waals surface area contributed by atoms with Gasteiger partial charge < -0.3 is 31.5 Å². The van der Waals surface area contributed by atoms with E-state index >= 15 is 0 Å². The van der Waals surface area contributed by atoms with Crippen molar-refractivity contribution in [1.82, 2.24) is 4.90 Å². The molecule has 38 heavy (non-hydrogen) atoms. The van der Waals surface area contributed by atoms with E-state index < -0.39 is 74.5 Å². The van der Waals surface area contributed by atoms with Crippen molar-refractivity contribution in [3.05, 3.63) is 45.9 Å². The molecule has 0 heterocycles. The number of allylic oxidation sites excluding steroid dienone is 1. The number of carbonyl (C=O) groups is 4. The van der Waals surface area contributed by atoms with Crippen LogP contribution in [0.2, 0.25) is 0 Å². The predicted molar refractivity (Wildman–Crippen MR) is 140 cm³/mol. The van der Waals surface area contributed by atoms with Crippen molar-refractivity contribution in [2.75, 3.05) is 19.4 Å². The molecule has 0 spiro atoms. The Labute approximate surface area is 227 Å². The van der Waals surface area contributed by atoms with Crippen LogP contribution in [0.3, 0.4) is 0 Å². The molecule has 5 atom stereocenters. The monoisotopic (exact) mass is 591 g/mol. The number of nitrogens with two attached hydrogens (primary N) is 1. The normalized spacial score (nSPS) is 27.6. The molecule has 1 aromatic carbocycles. The number of ketones is 2. The summed E-state index contributed by atoms with van der Waals surface area (Å²) in [5, 5.41) is 47.3. The molecule has 12 heteroatoms. The second-order valence-corrected chi connectivity index (χ2v) is 11.3. The van der Waals surface area contributed by atoms with Crippen LogP contribution in [0.5, 0.6) is 5.75 Å². The molecule has 3 aliphatic rings. The lowest BCUT2D eigenvalue weighted by molar-refractivity contribution is -0.148. The molecule has 0 fully saturated rings. The van der Waals surface area contributed by atoms with Gasteiger partial charge in [0.25, 0.3) is 5.91 Å². The molecule has 0 saturated heterocycles. The number of carbonyl (C=O) groups excluding carboxylic acids is 4. The first-order valence-corrected chi connectivity index (χ1v) is 13.1. The Bertz CT molecular complexity index is 1320. The number of rotatable bonds is 6. The Morgan fingerprint density at radius 2 is 1.89 bits per heavy atom. The number of likely N-dealkylation sites (N-methyl/N-ethyl adjacent to an activating group) is 1. The first-order valence-electron chi connectivity index (χ1n) is 12.2. The van der Waals surface area contributed by atoms with Gasteiger partial charge in [-0.3, -0.25) is 24.1 Å². The second-order valence-electron chi connectivity index (χ2n) is 10.2. The van der Waals surface area contributed by atoms with E-state index in [1.165, 1.54) is 11.0 Å². The lowest BCUT2D eigenvalue weighted by Crippen LogP contribution is -2.63. The number of hydrogen-bond acceptors (Lipinski definition) is 9. The van der Waals surface area contributed by atoms with Gasteiger partial charge in [-0.15, -0.1) is 0 Å². The van der Waals surface area contributed by atoms with Gasteiger partial charge in [-0.05, 0) is 50.9 Å². The molecule has 1 aromatic rings. The summed E-state index contributed by atoms with van der Waals surface area (Å²) in [6, 6.07) is 2.03. The van der Waals surface area contributed by atoms with Crippen LogP contribution in [0.15, 0.2) is 34.8 Å². The Morgan fingerprint density at radius 1 is 1.24 bits per heavy atom. The van der Waals surface area contributed by atoms with Crippen molar-refractivity contribution in [3.8, 4) is 5.75 Å². The minimum Gasteiger partial charge on any atom is -0.510 e. The van der Waals surface area contributed by atoms with Crippen molar-refractivity contribution in [2.24, 2.45) is 17.6 Å². The molecule has 0 bridgehead atoms. The van der Waals surface area contributed by atoms with Gasteiger partial charge in [0, 0.05) is 11.5 Å². The smallest absolute Gasteiger partial charge is 0.255 e. The molecule has 7 N–H and O–H groups in total. The van der Waals surface area contributed by atoms with Crippen molar-refractivity contribution in [2.45, 2.75) is 49.1 Å². The average Bonchev–Trinajstić information content (AvgIpc) is 2.82. The zero-order chi connectivity index (χ0) is 28.3. The number of nitrogens with one attached hydrogen (secondary N) is 1. The largest absolute Gasteiger partial charge is 0.510 e. The third-order valence-electron chi connectivity index (χ3n) is 7.68. The molecule has 4 unspecified atom stereocenters. The van der Waals surface area contributed by atoms with Crippen LogP contribution < -0.4 is 11.1 Å². The fraction of sp³-hybridized carbons (Fsp3) is 0.462. The zero-order valence-electron chi connectivity index (χ0n) is 21.1. The number of aliphatic hydroxyl groups excluding tert-OH is 2. The lowest BCUT2D eigenvalue weighted by Gasteiger charge is -2.50. The standard InChI is InChI=1S/C26H30BrN3O8/c1-4-5-13(27)25(37)29-14-7-6-10-8-11-9-12-18(30(2)3)21(33)17(24(28)36)23(35)26(12,38)22(34)16(11)20(32)15(10)19(14)31/h6-7,11-13,18,31,33-34,38H,4-5,8-9H2,1-3H3,(H2,28,36)(H,29,37)/t11?,12?,13?,18-,26?/m0/s1. The molecule has 11 nitrogen and oxygen atoms in total. The van der Waals surface area contributed by atoms with Gasteiger partial charge >= 0.3 is 0 Å². The molecule has 3 aliphatic carbocycles. The molecule has 204 valence electrons. The van der Waals surface area contributed by atoms with Crippen molar-refractivity contribution in [3.63, 3.8) is 0 Å². The number of nitrogens with zero attached hydrogens (tertiary/aromatic N) is 1. The average molecular weight is 592 g/mol. The lowest BCUT2D eigenvalue weighted by atomic mass is 9.58. The van der Waals surface area contributed by atoms with Crippen LogP contribution >= 0.6 is 15.9 Å². The summed E-state index contributed by atoms with van der Waals surface area (Å²) < 4.78 is 0. The molecular weight excluding hydrogens is 562 g/mol. The van der Waals surface area contributed by atoms with E-state index in [2.05, 4.69) is 21.2 Å². The van der Waals surface area contributed by atoms with E-state index in [1.54, 1.807) is 20.2 Å². The number of halogens is 1. The predicted octanol–water partition coefficient (Wildman–Crippen LogP) is 1.62. The van der Waals surface area contributed by atoms with Crippen LogP contribution in [-0.2, 0) is 20.8 Å². The number of phenolic OH excluding ortho intramolecular Hbond substituents is 1. The fourth-order valence-corrected chi connectivity index (χ4v) is 6.49. The highest BCUT2D eigenvalue weighted by Gasteiger charge is 2.63. The van der Waals surface area contributed by atoms with Gasteiger partial charge in [0.15, 0.2) is 17.1 Å². The van der Waals surface area contributed by atoms with Gasteiger partial charge in [0.1, 0.15) is 17.1 Å². The summed E-state index contributed by atoms with van der Waals surface area (Å²) >= 11 is 3.29. The van der Waals surface area contributed by atoms with Crippen LogP contribution in [0.4, 0.5) is 5.69 Å². The number of fused-ring (bicyclic) bond motifs is 3. The summed E-state index contributed by atoms with van der Waals surface area (Å²) in [6.45, 7) is 1.91. The highest BCUT2D eigenvalue weighted by molar-refractivity contribution is 9.10. The van der Waals surface area contributed by atoms with E-state index in [4.69, 9.17) is 5.73 Å². The minimum absolute atomic E-state index is 0.00104. The number of Topliss-reactive ketones (excluding diaryl/α,β-unsaturated/α-hetero) is 2. The Morgan fingerprint density at radius 3 is 2.47 bits per heavy atom. The van der Waals surface area contributed by atoms with Gasteiger partial charge in [0.2, 0.25) is 11.7 Å². The van der Waals surface area contributed by atoms with Gasteiger partial charge in [-0.2, -0.15) is 0 Å². The second kappa shape index (κ2) is 9.83. The zero-order valence-corrected chi connectivity index (χ0v) is 22.7. The highest BCUT2D eigenvalue weighted by Crippen LogP contribution is 2.52. The number of primary amides is 1. The molecular formula is C26H30BrN3O8. The van der Waals surface area contributed by atoms with Crippen LogP contribution in [0, 0.1) is 11.8 Å². The summed E-state index contributed by atoms with van der Waals surface area (Å²) in [7, 11) is 3.14. The highest BCUT2D eigenvalue weighted by atomic mass is 79.9. The summed E-state index contributed by atoms with van der Waals surface area (Å²) in [4.78, 5) is 52.5. The number of hydrogen-bond donors (Lipinski definition) is 6. The molecule has 4 rings (SSSR count). The fourth-order valence-electron chi connectivity index (χ4n) is 5.92. The van der Waals surface area contributed by atoms with E-state index in [0.717, 1.165) is 6.42 Å². The number of phenols is 1. The number of benzene rings is 1. The van der Waals surface area contributed by atoms with Crippen molar-refractivity contribution >= 4 is 45.0 Å². The molecule has 2 amide bonds. The third-order valence-corrected chi connectivity index (χ3v) is 8.55. The summed E-state index contributed by atoms with van der Waals surface area (Å²) in [5.74, 6) is -7.59. The van der Waals surface area contributed by atoms with E-state index in [9.17, 15) is 39.6 Å². The maximum Gasteiger partial charge on any atom is 0.255 e. The van der Waals surface area contributed by atoms with E-state index in [0.29, 0.717) is 12.0 Å². The van der Waals surface area contributed by atoms with Crippen LogP contribution in [-0.4, -0.2) is 79.3 Å². The third kappa shape index (κ3) is 4.02. The number of aliphatic hydroxyl groups is 3. The Hall–Kier alpha value is -3.22. The van der Waals surface area contributed by atoms with E-state index in [1.807, 2.05) is 6.92 Å². The number of alkyl halides is 1. The van der Waals surface area contributed by atoms with Gasteiger partial charge in [0.05, 0.1) is 22.1 Å². The SMILES string of the molecule is CCCC(Br)C(=O)Nc1ccc2c(c1O)C(=O)C1=C(O)C3(O)C(=O)C(C(N)=O)=C(O)[C@@H](N(C)C)C3CC1C2. The minimum atomic E-state index is -2.70. The molecule has 0 radical (unpaired) electrons. The van der Waals surface area contributed by atoms with Gasteiger partial charge in [-0.25, -0.2) is 0 Å². The summed E-state index contributed by atoms with van der Waals surface area (Å²) in [6.07, 6.45) is 1.48. The van der Waals surface area contributed by atoms with Crippen molar-refractivity contribution in [1.29, 1.82) is 0 Å². The topological polar surface area (TPSA) is 190 Å². The van der Waals surface area contributed by atoms with Crippen LogP contribution in [0.25, 0.3) is 0 Å². The quantitative estimate of drug-likeness (QED) is 0.162. The summed E-state index contributed by atoms with van der Waals surface area (Å²) in [5.41, 5.74) is 1.82. The number of aromatic hydroxyl groups is 1. The van der Waals surface area contributed by atoms with Crippen molar-refractivity contribution < 1.29 is 39.6 Å². The first kappa shape index (κ1) is 27.8. The van der Waals surface area contributed by atoms with E-state index in [-0.39, 0.29) is 29.7 Å². The maximum absolute atomic E-state index is 13.7. The van der Waals surface area contributed by atoms with Crippen LogP contribution in [0.1, 0.15) is 42.1 Å².